The van der Waals surface area contributed by atoms with Crippen molar-refractivity contribution in [3.8, 4) is 0 Å². The van der Waals surface area contributed by atoms with Crippen molar-refractivity contribution >= 4 is 11.9 Å². The predicted molar refractivity (Wildman–Crippen MR) is 82.9 cm³/mol. The second-order valence-electron chi connectivity index (χ2n) is 6.59. The molecule has 0 amide bonds. The van der Waals surface area contributed by atoms with Gasteiger partial charge in [0.2, 0.25) is 12.1 Å². The Kier molecular flexibility index (Phi) is 6.65. The molecule has 140 valence electrons. The van der Waals surface area contributed by atoms with Crippen molar-refractivity contribution in [2.75, 3.05) is 0 Å². The van der Waals surface area contributed by atoms with Crippen LogP contribution >= 0.6 is 0 Å². The van der Waals surface area contributed by atoms with E-state index in [1.807, 2.05) is 0 Å². The van der Waals surface area contributed by atoms with Crippen molar-refractivity contribution in [1.29, 1.82) is 0 Å². The summed E-state index contributed by atoms with van der Waals surface area (Å²) >= 11 is 0. The molecule has 2 fully saturated rings. The van der Waals surface area contributed by atoms with E-state index in [4.69, 9.17) is 9.47 Å². The molecular weight excluding hydrogens is 336 g/mol. The van der Waals surface area contributed by atoms with E-state index < -0.39 is 42.7 Å². The number of nitrogens with zero attached hydrogens (tertiary/aromatic N) is 2. The van der Waals surface area contributed by atoms with Gasteiger partial charge in [-0.1, -0.05) is 0 Å². The van der Waals surface area contributed by atoms with E-state index in [-0.39, 0.29) is 9.85 Å². The fourth-order valence-electron chi connectivity index (χ4n) is 3.32. The van der Waals surface area contributed by atoms with Gasteiger partial charge in [-0.15, -0.1) is 0 Å². The van der Waals surface area contributed by atoms with E-state index in [1.165, 1.54) is 0 Å². The molecule has 0 atom stereocenters. The van der Waals surface area contributed by atoms with Crippen molar-refractivity contribution < 1.29 is 28.9 Å². The minimum atomic E-state index is -0.700. The summed E-state index contributed by atoms with van der Waals surface area (Å²) in [7, 11) is 0. The molecule has 25 heavy (non-hydrogen) atoms. The molecule has 2 saturated carbocycles. The summed E-state index contributed by atoms with van der Waals surface area (Å²) in [5, 5.41) is 21.3. The van der Waals surface area contributed by atoms with E-state index >= 15 is 0 Å². The van der Waals surface area contributed by atoms with Crippen LogP contribution in [0.25, 0.3) is 0 Å². The molecule has 10 heteroatoms. The molecule has 0 saturated heterocycles. The first kappa shape index (κ1) is 19.1. The van der Waals surface area contributed by atoms with Crippen LogP contribution in [-0.2, 0) is 19.1 Å². The Morgan fingerprint density at radius 3 is 1.32 bits per heavy atom. The van der Waals surface area contributed by atoms with Crippen LogP contribution < -0.4 is 0 Å². The molecule has 10 nitrogen and oxygen atoms in total. The Labute approximate surface area is 144 Å². The third-order valence-electron chi connectivity index (χ3n) is 4.77. The lowest BCUT2D eigenvalue weighted by Gasteiger charge is -2.25. The average Bonchev–Trinajstić information content (AvgIpc) is 2.55. The van der Waals surface area contributed by atoms with Crippen molar-refractivity contribution in [2.45, 2.75) is 82.1 Å². The minimum Gasteiger partial charge on any atom is -0.462 e. The fourth-order valence-corrected chi connectivity index (χ4v) is 3.32. The smallest absolute Gasteiger partial charge is 0.317 e. The maximum atomic E-state index is 11.8. The topological polar surface area (TPSA) is 139 Å². The van der Waals surface area contributed by atoms with Gasteiger partial charge in [-0.25, -0.2) is 0 Å². The number of nitro groups is 2. The molecule has 0 aromatic heterocycles. The maximum Gasteiger partial charge on any atom is 0.317 e. The first-order valence-electron chi connectivity index (χ1n) is 8.51. The third-order valence-corrected chi connectivity index (χ3v) is 4.77. The van der Waals surface area contributed by atoms with Crippen LogP contribution in [0.1, 0.15) is 57.8 Å². The highest BCUT2D eigenvalue weighted by Gasteiger charge is 2.32. The lowest BCUT2D eigenvalue weighted by atomic mass is 9.93. The zero-order chi connectivity index (χ0) is 18.4. The Balaban J connectivity index is 1.65. The highest BCUT2D eigenvalue weighted by Crippen LogP contribution is 2.25. The molecule has 2 rings (SSSR count). The van der Waals surface area contributed by atoms with Crippen LogP contribution in [0.2, 0.25) is 0 Å². The first-order valence-corrected chi connectivity index (χ1v) is 8.51. The van der Waals surface area contributed by atoms with Crippen molar-refractivity contribution in [1.82, 2.24) is 0 Å². The summed E-state index contributed by atoms with van der Waals surface area (Å²) in [6, 6.07) is -1.18. The normalized spacial score (nSPS) is 29.4. The van der Waals surface area contributed by atoms with E-state index in [1.54, 1.807) is 0 Å². The summed E-state index contributed by atoms with van der Waals surface area (Å²) in [5.74, 6) is -1.40. The third kappa shape index (κ3) is 5.95. The number of esters is 2. The largest absolute Gasteiger partial charge is 0.462 e. The molecule has 0 bridgehead atoms. The highest BCUT2D eigenvalue weighted by molar-refractivity contribution is 5.91. The van der Waals surface area contributed by atoms with Gasteiger partial charge in [-0.05, 0) is 25.7 Å². The van der Waals surface area contributed by atoms with Gasteiger partial charge in [0.05, 0.1) is 0 Å². The lowest BCUT2D eigenvalue weighted by molar-refractivity contribution is -0.527. The van der Waals surface area contributed by atoms with Crippen molar-refractivity contribution in [3.05, 3.63) is 20.2 Å². The van der Waals surface area contributed by atoms with Crippen LogP contribution in [0, 0.1) is 20.2 Å². The van der Waals surface area contributed by atoms with Crippen molar-refractivity contribution in [3.63, 3.8) is 0 Å². The summed E-state index contributed by atoms with van der Waals surface area (Å²) in [5.41, 5.74) is 0. The fraction of sp³-hybridized carbons (Fsp3) is 0.867. The highest BCUT2D eigenvalue weighted by atomic mass is 16.6. The standard InChI is InChI=1S/C15H22N2O8/c18-14(24-12-5-1-10(2-6-12)16(20)21)9-15(19)25-13-7-3-11(4-8-13)17(22)23/h10-13H,1-9H2. The van der Waals surface area contributed by atoms with E-state index in [9.17, 15) is 29.8 Å². The second-order valence-corrected chi connectivity index (χ2v) is 6.59. The van der Waals surface area contributed by atoms with E-state index in [0.29, 0.717) is 51.4 Å². The molecule has 0 aliphatic heterocycles. The lowest BCUT2D eigenvalue weighted by Crippen LogP contribution is -2.33. The summed E-state index contributed by atoms with van der Waals surface area (Å²) in [4.78, 5) is 44.3. The number of hydrogen-bond acceptors (Lipinski definition) is 8. The zero-order valence-electron chi connectivity index (χ0n) is 13.8. The van der Waals surface area contributed by atoms with Gasteiger partial charge in [0.1, 0.15) is 18.6 Å². The maximum absolute atomic E-state index is 11.8. The minimum absolute atomic E-state index is 0.316. The number of ether oxygens (including phenoxy) is 2. The van der Waals surface area contributed by atoms with E-state index in [2.05, 4.69) is 0 Å². The number of carbonyl (C=O) groups excluding carboxylic acids is 2. The molecular formula is C15H22N2O8. The van der Waals surface area contributed by atoms with Gasteiger partial charge in [0.25, 0.3) is 0 Å². The number of rotatable bonds is 6. The molecule has 0 N–H and O–H groups in total. The average molecular weight is 358 g/mol. The number of hydrogen-bond donors (Lipinski definition) is 0. The van der Waals surface area contributed by atoms with Crippen LogP contribution in [0.15, 0.2) is 0 Å². The Hall–Kier alpha value is -2.26. The molecule has 0 radical (unpaired) electrons. The Morgan fingerprint density at radius 1 is 0.720 bits per heavy atom. The first-order chi connectivity index (χ1) is 11.8. The summed E-state index contributed by atoms with van der Waals surface area (Å²) < 4.78 is 10.4. The Morgan fingerprint density at radius 2 is 1.04 bits per heavy atom. The zero-order valence-corrected chi connectivity index (χ0v) is 13.8. The van der Waals surface area contributed by atoms with E-state index in [0.717, 1.165) is 0 Å². The van der Waals surface area contributed by atoms with Crippen molar-refractivity contribution in [2.24, 2.45) is 0 Å². The summed E-state index contributed by atoms with van der Waals surface area (Å²) in [6.45, 7) is 0. The number of carbonyl (C=O) groups is 2. The molecule has 0 unspecified atom stereocenters. The van der Waals surface area contributed by atoms with Gasteiger partial charge in [-0.2, -0.15) is 0 Å². The van der Waals surface area contributed by atoms with Crippen LogP contribution in [-0.4, -0.2) is 46.1 Å². The van der Waals surface area contributed by atoms with Gasteiger partial charge in [0.15, 0.2) is 0 Å². The second kappa shape index (κ2) is 8.72. The van der Waals surface area contributed by atoms with Gasteiger partial charge >= 0.3 is 11.9 Å². The molecule has 2 aliphatic rings. The van der Waals surface area contributed by atoms with Crippen LogP contribution in [0.5, 0.6) is 0 Å². The molecule has 0 aromatic rings. The quantitative estimate of drug-likeness (QED) is 0.302. The molecule has 0 spiro atoms. The Bertz CT molecular complexity index is 476. The predicted octanol–water partition coefficient (Wildman–Crippen LogP) is 1.64. The van der Waals surface area contributed by atoms with Gasteiger partial charge in [-0.3, -0.25) is 29.8 Å². The molecule has 2 aliphatic carbocycles. The molecule has 0 heterocycles. The summed E-state index contributed by atoms with van der Waals surface area (Å²) in [6.07, 6.45) is 1.78. The van der Waals surface area contributed by atoms with Gasteiger partial charge in [0, 0.05) is 35.5 Å². The SMILES string of the molecule is O=C(CC(=O)OC1CCC([N+](=O)[O-])CC1)OC1CCC([N+](=O)[O-])CC1. The van der Waals surface area contributed by atoms with Crippen LogP contribution in [0.3, 0.4) is 0 Å². The molecule has 0 aromatic carbocycles. The monoisotopic (exact) mass is 358 g/mol. The van der Waals surface area contributed by atoms with Crippen LogP contribution in [0.4, 0.5) is 0 Å². The van der Waals surface area contributed by atoms with Gasteiger partial charge < -0.3 is 9.47 Å².